The molecule has 2 unspecified atom stereocenters. The third kappa shape index (κ3) is 3.06. The Balaban J connectivity index is 0.00000162. The number of hydrogen-bond donors (Lipinski definition) is 1. The maximum absolute atomic E-state index is 12.3. The lowest BCUT2D eigenvalue weighted by molar-refractivity contribution is 0.0659. The van der Waals surface area contributed by atoms with Crippen LogP contribution in [0.15, 0.2) is 16.7 Å². The van der Waals surface area contributed by atoms with E-state index in [0.29, 0.717) is 17.2 Å². The summed E-state index contributed by atoms with van der Waals surface area (Å²) < 4.78 is 5.18. The van der Waals surface area contributed by atoms with E-state index in [1.807, 2.05) is 18.7 Å². The van der Waals surface area contributed by atoms with Crippen molar-refractivity contribution in [1.29, 1.82) is 0 Å². The van der Waals surface area contributed by atoms with Gasteiger partial charge in [0.25, 0.3) is 5.91 Å². The lowest BCUT2D eigenvalue weighted by Gasteiger charge is -2.34. The van der Waals surface area contributed by atoms with E-state index < -0.39 is 0 Å². The summed E-state index contributed by atoms with van der Waals surface area (Å²) in [7, 11) is 0. The second kappa shape index (κ2) is 6.25. The molecule has 1 saturated heterocycles. The predicted octanol–water partition coefficient (Wildman–Crippen LogP) is 2.21. The van der Waals surface area contributed by atoms with Gasteiger partial charge >= 0.3 is 0 Å². The summed E-state index contributed by atoms with van der Waals surface area (Å²) in [5, 5.41) is 0. The third-order valence-corrected chi connectivity index (χ3v) is 3.58. The van der Waals surface area contributed by atoms with E-state index in [4.69, 9.17) is 10.2 Å². The molecule has 0 aromatic carbocycles. The molecule has 1 aliphatic rings. The van der Waals surface area contributed by atoms with Crippen molar-refractivity contribution in [2.45, 2.75) is 32.7 Å². The number of furan rings is 1. The first-order chi connectivity index (χ1) is 8.09. The van der Waals surface area contributed by atoms with Crippen LogP contribution < -0.4 is 5.73 Å². The minimum atomic E-state index is 0. The van der Waals surface area contributed by atoms with Gasteiger partial charge in [-0.3, -0.25) is 4.79 Å². The van der Waals surface area contributed by atoms with Crippen molar-refractivity contribution in [3.8, 4) is 0 Å². The van der Waals surface area contributed by atoms with Gasteiger partial charge in [-0.2, -0.15) is 0 Å². The minimum Gasteiger partial charge on any atom is -0.469 e. The van der Waals surface area contributed by atoms with Crippen LogP contribution in [0.2, 0.25) is 0 Å². The molecule has 18 heavy (non-hydrogen) atoms. The standard InChI is InChI=1S/C13H20N2O2.ClH/c1-9(14)11-4-3-6-15(8-11)13(16)12-5-7-17-10(12)2;/h5,7,9,11H,3-4,6,8,14H2,1-2H3;1H. The second-order valence-corrected chi connectivity index (χ2v) is 4.90. The summed E-state index contributed by atoms with van der Waals surface area (Å²) in [6.07, 6.45) is 3.72. The quantitative estimate of drug-likeness (QED) is 0.898. The highest BCUT2D eigenvalue weighted by Crippen LogP contribution is 2.21. The lowest BCUT2D eigenvalue weighted by atomic mass is 9.92. The second-order valence-electron chi connectivity index (χ2n) is 4.90. The number of rotatable bonds is 2. The molecule has 2 N–H and O–H groups in total. The molecule has 4 nitrogen and oxygen atoms in total. The van der Waals surface area contributed by atoms with Crippen molar-refractivity contribution in [1.82, 2.24) is 4.90 Å². The van der Waals surface area contributed by atoms with Crippen LogP contribution in [0.3, 0.4) is 0 Å². The number of aryl methyl sites for hydroxylation is 1. The molecule has 2 rings (SSSR count). The monoisotopic (exact) mass is 272 g/mol. The zero-order chi connectivity index (χ0) is 12.4. The van der Waals surface area contributed by atoms with E-state index in [1.165, 1.54) is 0 Å². The minimum absolute atomic E-state index is 0. The first kappa shape index (κ1) is 15.1. The van der Waals surface area contributed by atoms with E-state index in [2.05, 4.69) is 0 Å². The molecule has 5 heteroatoms. The van der Waals surface area contributed by atoms with Crippen molar-refractivity contribution in [2.24, 2.45) is 11.7 Å². The molecule has 0 saturated carbocycles. The number of nitrogens with zero attached hydrogens (tertiary/aromatic N) is 1. The molecule has 1 fully saturated rings. The Kier molecular flexibility index (Phi) is 5.23. The molecule has 0 radical (unpaired) electrons. The van der Waals surface area contributed by atoms with E-state index >= 15 is 0 Å². The third-order valence-electron chi connectivity index (χ3n) is 3.58. The van der Waals surface area contributed by atoms with Crippen LogP contribution in [0, 0.1) is 12.8 Å². The van der Waals surface area contributed by atoms with Gasteiger partial charge in [-0.15, -0.1) is 12.4 Å². The highest BCUT2D eigenvalue weighted by Gasteiger charge is 2.27. The average molecular weight is 273 g/mol. The van der Waals surface area contributed by atoms with E-state index in [1.54, 1.807) is 12.3 Å². The number of carbonyl (C=O) groups is 1. The molecule has 0 spiro atoms. The molecule has 102 valence electrons. The van der Waals surface area contributed by atoms with Crippen molar-refractivity contribution in [3.05, 3.63) is 23.7 Å². The SMILES string of the molecule is Cc1occc1C(=O)N1CCCC(C(C)N)C1.Cl. The van der Waals surface area contributed by atoms with Crippen LogP contribution in [-0.2, 0) is 0 Å². The topological polar surface area (TPSA) is 59.5 Å². The van der Waals surface area contributed by atoms with Crippen molar-refractivity contribution in [2.75, 3.05) is 13.1 Å². The van der Waals surface area contributed by atoms with Crippen LogP contribution >= 0.6 is 12.4 Å². The lowest BCUT2D eigenvalue weighted by Crippen LogP contribution is -2.45. The highest BCUT2D eigenvalue weighted by atomic mass is 35.5. The Morgan fingerprint density at radius 3 is 2.89 bits per heavy atom. The summed E-state index contributed by atoms with van der Waals surface area (Å²) in [6.45, 7) is 5.43. The van der Waals surface area contributed by atoms with Gasteiger partial charge in [0.2, 0.25) is 0 Å². The van der Waals surface area contributed by atoms with Crippen LogP contribution in [0.5, 0.6) is 0 Å². The van der Waals surface area contributed by atoms with Gasteiger partial charge in [0.05, 0.1) is 11.8 Å². The highest BCUT2D eigenvalue weighted by molar-refractivity contribution is 5.95. The van der Waals surface area contributed by atoms with Gasteiger partial charge in [-0.1, -0.05) is 0 Å². The zero-order valence-corrected chi connectivity index (χ0v) is 11.7. The number of amides is 1. The molecular formula is C13H21ClN2O2. The van der Waals surface area contributed by atoms with Crippen molar-refractivity contribution >= 4 is 18.3 Å². The molecule has 1 aromatic rings. The van der Waals surface area contributed by atoms with Crippen molar-refractivity contribution in [3.63, 3.8) is 0 Å². The predicted molar refractivity (Wildman–Crippen MR) is 73.0 cm³/mol. The van der Waals surface area contributed by atoms with Crippen LogP contribution in [0.4, 0.5) is 0 Å². The summed E-state index contributed by atoms with van der Waals surface area (Å²) in [6, 6.07) is 1.89. The normalized spacial score (nSPS) is 21.3. The summed E-state index contributed by atoms with van der Waals surface area (Å²) in [5.74, 6) is 1.18. The number of hydrogen-bond acceptors (Lipinski definition) is 3. The molecule has 0 aliphatic carbocycles. The Bertz CT molecular complexity index is 403. The van der Waals surface area contributed by atoms with E-state index in [-0.39, 0.29) is 24.4 Å². The average Bonchev–Trinajstić information content (AvgIpc) is 2.74. The van der Waals surface area contributed by atoms with Gasteiger partial charge in [-0.05, 0) is 38.7 Å². The number of likely N-dealkylation sites (tertiary alicyclic amines) is 1. The Labute approximate surface area is 114 Å². The molecular weight excluding hydrogens is 252 g/mol. The van der Waals surface area contributed by atoms with Gasteiger partial charge in [0.15, 0.2) is 0 Å². The maximum atomic E-state index is 12.3. The smallest absolute Gasteiger partial charge is 0.257 e. The number of halogens is 1. The first-order valence-corrected chi connectivity index (χ1v) is 6.18. The Morgan fingerprint density at radius 2 is 2.33 bits per heavy atom. The van der Waals surface area contributed by atoms with Crippen LogP contribution in [-0.4, -0.2) is 29.9 Å². The maximum Gasteiger partial charge on any atom is 0.257 e. The molecule has 1 amide bonds. The fraction of sp³-hybridized carbons (Fsp3) is 0.615. The van der Waals surface area contributed by atoms with Gasteiger partial charge in [-0.25, -0.2) is 0 Å². The molecule has 1 aromatic heterocycles. The van der Waals surface area contributed by atoms with E-state index in [9.17, 15) is 4.79 Å². The fourth-order valence-electron chi connectivity index (χ4n) is 2.40. The first-order valence-electron chi connectivity index (χ1n) is 6.18. The van der Waals surface area contributed by atoms with Crippen LogP contribution in [0.1, 0.15) is 35.9 Å². The Hall–Kier alpha value is -1.00. The van der Waals surface area contributed by atoms with Crippen molar-refractivity contribution < 1.29 is 9.21 Å². The van der Waals surface area contributed by atoms with Crippen LogP contribution in [0.25, 0.3) is 0 Å². The molecule has 2 atom stereocenters. The summed E-state index contributed by atoms with van der Waals surface area (Å²) in [4.78, 5) is 14.2. The number of carbonyl (C=O) groups excluding carboxylic acids is 1. The fourth-order valence-corrected chi connectivity index (χ4v) is 2.40. The molecule has 2 heterocycles. The Morgan fingerprint density at radius 1 is 1.61 bits per heavy atom. The number of nitrogens with two attached hydrogens (primary N) is 1. The van der Waals surface area contributed by atoms with Gasteiger partial charge in [0.1, 0.15) is 5.76 Å². The number of piperidine rings is 1. The molecule has 1 aliphatic heterocycles. The zero-order valence-electron chi connectivity index (χ0n) is 10.9. The molecule has 0 bridgehead atoms. The van der Waals surface area contributed by atoms with Gasteiger partial charge < -0.3 is 15.1 Å². The summed E-state index contributed by atoms with van der Waals surface area (Å²) in [5.41, 5.74) is 6.60. The van der Waals surface area contributed by atoms with E-state index in [0.717, 1.165) is 25.9 Å². The summed E-state index contributed by atoms with van der Waals surface area (Å²) >= 11 is 0. The van der Waals surface area contributed by atoms with Gasteiger partial charge in [0, 0.05) is 19.1 Å². The largest absolute Gasteiger partial charge is 0.469 e.